The molecule has 13 rings (SSSR count). The van der Waals surface area contributed by atoms with Crippen LogP contribution >= 0.6 is 11.3 Å². The number of thiophene rings is 1. The average Bonchev–Trinajstić information content (AvgIpc) is 3.98. The van der Waals surface area contributed by atoms with Crippen LogP contribution in [-0.2, 0) is 0 Å². The second kappa shape index (κ2) is 12.4. The molecule has 0 aliphatic heterocycles. The maximum atomic E-state index is 6.38. The Labute approximate surface area is 341 Å². The van der Waals surface area contributed by atoms with Gasteiger partial charge in [0, 0.05) is 58.4 Å². The summed E-state index contributed by atoms with van der Waals surface area (Å²) in [7, 11) is 0. The fourth-order valence-electron chi connectivity index (χ4n) is 9.09. The number of rotatable bonds is 4. The fourth-order valence-corrected chi connectivity index (χ4v) is 10.2. The summed E-state index contributed by atoms with van der Waals surface area (Å²) in [4.78, 5) is 16.0. The van der Waals surface area contributed by atoms with Crippen LogP contribution in [0.1, 0.15) is 0 Å². The zero-order chi connectivity index (χ0) is 38.6. The maximum absolute atomic E-state index is 6.38. The minimum Gasteiger partial charge on any atom is -0.456 e. The fraction of sp³-hybridized carbons (Fsp3) is 0. The van der Waals surface area contributed by atoms with Crippen LogP contribution in [0.2, 0.25) is 0 Å². The topological polar surface area (TPSA) is 56.7 Å². The van der Waals surface area contributed by atoms with Gasteiger partial charge in [0.05, 0.1) is 11.0 Å². The van der Waals surface area contributed by atoms with E-state index in [1.54, 1.807) is 0 Å². The van der Waals surface area contributed by atoms with Crippen molar-refractivity contribution in [3.63, 3.8) is 0 Å². The third-order valence-electron chi connectivity index (χ3n) is 11.8. The molecule has 59 heavy (non-hydrogen) atoms. The van der Waals surface area contributed by atoms with Crippen molar-refractivity contribution in [1.82, 2.24) is 19.5 Å². The summed E-state index contributed by atoms with van der Waals surface area (Å²) in [5, 5.41) is 11.6. The maximum Gasteiger partial charge on any atom is 0.238 e. The van der Waals surface area contributed by atoms with Crippen LogP contribution in [0.4, 0.5) is 0 Å². The van der Waals surface area contributed by atoms with Crippen LogP contribution in [0.25, 0.3) is 125 Å². The van der Waals surface area contributed by atoms with Gasteiger partial charge in [-0.05, 0) is 75.6 Å². The van der Waals surface area contributed by atoms with E-state index in [-0.39, 0.29) is 0 Å². The van der Waals surface area contributed by atoms with Crippen molar-refractivity contribution in [1.29, 1.82) is 0 Å². The molecule has 13 aromatic rings. The number of fused-ring (bicyclic) bond motifs is 12. The average molecular weight is 771 g/mol. The molecule has 0 atom stereocenters. The highest BCUT2D eigenvalue weighted by Crippen LogP contribution is 2.43. The smallest absolute Gasteiger partial charge is 0.238 e. The molecule has 0 aliphatic carbocycles. The lowest BCUT2D eigenvalue weighted by Gasteiger charge is -2.13. The molecule has 4 aromatic heterocycles. The second-order valence-electron chi connectivity index (χ2n) is 15.2. The normalized spacial score (nSPS) is 12.1. The zero-order valence-corrected chi connectivity index (χ0v) is 32.2. The Morgan fingerprint density at radius 1 is 0.407 bits per heavy atom. The minimum atomic E-state index is 0.549. The van der Waals surface area contributed by atoms with Gasteiger partial charge in [0.15, 0.2) is 11.6 Å². The Bertz CT molecular complexity index is 3870. The molecule has 0 N–H and O–H groups in total. The summed E-state index contributed by atoms with van der Waals surface area (Å²) >= 11 is 1.84. The number of benzene rings is 9. The van der Waals surface area contributed by atoms with Gasteiger partial charge in [0.25, 0.3) is 0 Å². The van der Waals surface area contributed by atoms with Crippen LogP contribution in [0, 0.1) is 0 Å². The van der Waals surface area contributed by atoms with Crippen molar-refractivity contribution in [2.75, 3.05) is 0 Å². The van der Waals surface area contributed by atoms with E-state index in [0.29, 0.717) is 17.6 Å². The Balaban J connectivity index is 1.13. The number of nitrogens with zero attached hydrogens (tertiary/aromatic N) is 4. The van der Waals surface area contributed by atoms with Gasteiger partial charge in [-0.15, -0.1) is 11.3 Å². The standard InChI is InChI=1S/C53H30N4OS/c1-2-12-33-28-35(21-20-31(33)10-1)51-54-52(36-22-25-40-39-14-5-7-18-45(39)58-46(40)30-36)56-53(55-51)57-44-26-23-32-11-3-4-13-37(32)49(44)42-17-9-16-38(50(42)57)34-24-27-48-43(29-34)41-15-6-8-19-47(41)59-48/h1-30H. The molecular formula is C53H30N4OS. The van der Waals surface area contributed by atoms with E-state index in [2.05, 4.69) is 168 Å². The van der Waals surface area contributed by atoms with Gasteiger partial charge in [-0.3, -0.25) is 4.57 Å². The molecule has 4 heterocycles. The van der Waals surface area contributed by atoms with Crippen molar-refractivity contribution < 1.29 is 4.42 Å². The Morgan fingerprint density at radius 3 is 1.97 bits per heavy atom. The molecule has 0 spiro atoms. The first-order valence-electron chi connectivity index (χ1n) is 19.8. The lowest BCUT2D eigenvalue weighted by atomic mass is 9.98. The molecule has 0 unspecified atom stereocenters. The van der Waals surface area contributed by atoms with Crippen molar-refractivity contribution in [2.45, 2.75) is 0 Å². The zero-order valence-electron chi connectivity index (χ0n) is 31.4. The largest absolute Gasteiger partial charge is 0.456 e. The molecule has 0 saturated carbocycles. The number of hydrogen-bond acceptors (Lipinski definition) is 5. The molecule has 6 heteroatoms. The molecule has 5 nitrogen and oxygen atoms in total. The van der Waals surface area contributed by atoms with Crippen molar-refractivity contribution in [3.8, 4) is 39.9 Å². The molecule has 0 saturated heterocycles. The van der Waals surface area contributed by atoms with Gasteiger partial charge in [0.2, 0.25) is 5.95 Å². The summed E-state index contributed by atoms with van der Waals surface area (Å²) < 4.78 is 11.2. The van der Waals surface area contributed by atoms with E-state index in [9.17, 15) is 0 Å². The van der Waals surface area contributed by atoms with E-state index in [4.69, 9.17) is 19.4 Å². The first-order chi connectivity index (χ1) is 29.2. The summed E-state index contributed by atoms with van der Waals surface area (Å²) in [6.45, 7) is 0. The van der Waals surface area contributed by atoms with E-state index in [0.717, 1.165) is 71.4 Å². The molecule has 0 bridgehead atoms. The third kappa shape index (κ3) is 4.94. The number of hydrogen-bond donors (Lipinski definition) is 0. The molecular weight excluding hydrogens is 741 g/mol. The van der Waals surface area contributed by atoms with E-state index >= 15 is 0 Å². The van der Waals surface area contributed by atoms with E-state index in [1.807, 2.05) is 29.5 Å². The Hall–Kier alpha value is -7.67. The summed E-state index contributed by atoms with van der Waals surface area (Å²) in [5.74, 6) is 1.72. The van der Waals surface area contributed by atoms with E-state index in [1.165, 1.54) is 36.3 Å². The highest BCUT2D eigenvalue weighted by atomic mass is 32.1. The monoisotopic (exact) mass is 770 g/mol. The molecule has 0 radical (unpaired) electrons. The van der Waals surface area contributed by atoms with Gasteiger partial charge in [-0.25, -0.2) is 4.98 Å². The Kier molecular flexibility index (Phi) is 6.82. The van der Waals surface area contributed by atoms with Crippen LogP contribution in [0.3, 0.4) is 0 Å². The summed E-state index contributed by atoms with van der Waals surface area (Å²) in [6, 6.07) is 64.5. The lowest BCUT2D eigenvalue weighted by molar-refractivity contribution is 0.669. The number of furan rings is 1. The Morgan fingerprint density at radius 2 is 1.07 bits per heavy atom. The molecule has 0 fully saturated rings. The molecule has 0 aliphatic rings. The van der Waals surface area contributed by atoms with Crippen molar-refractivity contribution in [2.24, 2.45) is 0 Å². The molecule has 0 amide bonds. The van der Waals surface area contributed by atoms with E-state index < -0.39 is 0 Å². The quantitative estimate of drug-likeness (QED) is 0.179. The highest BCUT2D eigenvalue weighted by molar-refractivity contribution is 7.25. The van der Waals surface area contributed by atoms with Gasteiger partial charge in [0.1, 0.15) is 11.2 Å². The van der Waals surface area contributed by atoms with Crippen LogP contribution in [-0.4, -0.2) is 19.5 Å². The first-order valence-corrected chi connectivity index (χ1v) is 20.6. The van der Waals surface area contributed by atoms with Crippen LogP contribution in [0.15, 0.2) is 186 Å². The predicted molar refractivity (Wildman–Crippen MR) is 246 cm³/mol. The first kappa shape index (κ1) is 32.4. The lowest BCUT2D eigenvalue weighted by Crippen LogP contribution is -2.07. The summed E-state index contributed by atoms with van der Waals surface area (Å²) in [5.41, 5.74) is 7.74. The predicted octanol–water partition coefficient (Wildman–Crippen LogP) is 14.5. The van der Waals surface area contributed by atoms with Crippen molar-refractivity contribution in [3.05, 3.63) is 182 Å². The van der Waals surface area contributed by atoms with Crippen LogP contribution in [0.5, 0.6) is 0 Å². The van der Waals surface area contributed by atoms with Gasteiger partial charge >= 0.3 is 0 Å². The number of para-hydroxylation sites is 2. The van der Waals surface area contributed by atoms with Crippen LogP contribution < -0.4 is 0 Å². The number of aromatic nitrogens is 4. The van der Waals surface area contributed by atoms with Gasteiger partial charge < -0.3 is 4.42 Å². The third-order valence-corrected chi connectivity index (χ3v) is 13.0. The summed E-state index contributed by atoms with van der Waals surface area (Å²) in [6.07, 6.45) is 0. The molecule has 274 valence electrons. The SMILES string of the molecule is c1ccc2cc(-c3nc(-c4ccc5c(c4)oc4ccccc45)nc(-n4c5ccc6ccccc6c5c5cccc(-c6ccc7sc8ccccc8c7c6)c54)n3)ccc2c1. The second-order valence-corrected chi connectivity index (χ2v) is 16.3. The van der Waals surface area contributed by atoms with Gasteiger partial charge in [-0.1, -0.05) is 133 Å². The van der Waals surface area contributed by atoms with Gasteiger partial charge in [-0.2, -0.15) is 9.97 Å². The van der Waals surface area contributed by atoms with Crippen molar-refractivity contribution >= 4 is 96.8 Å². The highest BCUT2D eigenvalue weighted by Gasteiger charge is 2.23. The minimum absolute atomic E-state index is 0.549. The molecule has 9 aromatic carbocycles.